The lowest BCUT2D eigenvalue weighted by Gasteiger charge is -2.15. The summed E-state index contributed by atoms with van der Waals surface area (Å²) in [5.41, 5.74) is 9.43. The number of carbonyl (C=O) groups excluding carboxylic acids is 1. The summed E-state index contributed by atoms with van der Waals surface area (Å²) in [6.07, 6.45) is 8.59. The van der Waals surface area contributed by atoms with Gasteiger partial charge < -0.3 is 14.4 Å². The number of aromatic nitrogens is 5. The number of pyridine rings is 2. The quantitative estimate of drug-likeness (QED) is 0.418. The molecule has 36 heavy (non-hydrogen) atoms. The molecule has 0 bridgehead atoms. The van der Waals surface area contributed by atoms with Crippen molar-refractivity contribution in [2.45, 2.75) is 33.2 Å². The molecule has 0 saturated carbocycles. The van der Waals surface area contributed by atoms with Gasteiger partial charge in [-0.3, -0.25) is 14.5 Å². The van der Waals surface area contributed by atoms with E-state index in [1.807, 2.05) is 35.5 Å². The molecule has 8 nitrogen and oxygen atoms in total. The molecular weight excluding hydrogens is 452 g/mol. The van der Waals surface area contributed by atoms with Crippen molar-refractivity contribution in [1.29, 1.82) is 0 Å². The largest absolute Gasteiger partial charge is 0.387 e. The number of carbonyl (C=O) groups is 1. The molecule has 5 aromatic rings. The van der Waals surface area contributed by atoms with E-state index in [2.05, 4.69) is 54.5 Å². The molecule has 5 heterocycles. The number of aliphatic hydroxyl groups is 1. The standard InChI is InChI=1S/C28H28N6O2/c1-17-5-4-6-18(2)26(17)27-19(3)33-10-8-24-23(28(33)31-27)11-20(12-29-24)21-13-30-34(14-21)22-7-9-32(15-22)25(36)16-35/h4-6,8,10-14,22,35H,7,9,15-16H2,1-3H3. The Morgan fingerprint density at radius 1 is 1.11 bits per heavy atom. The van der Waals surface area contributed by atoms with Gasteiger partial charge in [0, 0.05) is 59.5 Å². The first-order chi connectivity index (χ1) is 17.4. The summed E-state index contributed by atoms with van der Waals surface area (Å²) in [5, 5.41) is 14.7. The molecule has 8 heteroatoms. The number of imidazole rings is 1. The zero-order valence-electron chi connectivity index (χ0n) is 20.6. The van der Waals surface area contributed by atoms with Crippen LogP contribution in [0.1, 0.15) is 29.3 Å². The van der Waals surface area contributed by atoms with Gasteiger partial charge in [-0.25, -0.2) is 4.98 Å². The summed E-state index contributed by atoms with van der Waals surface area (Å²) in [4.78, 5) is 23.4. The number of hydrogen-bond donors (Lipinski definition) is 1. The van der Waals surface area contributed by atoms with Gasteiger partial charge >= 0.3 is 0 Å². The lowest BCUT2D eigenvalue weighted by molar-refractivity contribution is -0.133. The van der Waals surface area contributed by atoms with E-state index in [0.717, 1.165) is 45.5 Å². The Hall–Kier alpha value is -4.04. The second-order valence-electron chi connectivity index (χ2n) is 9.63. The first-order valence-electron chi connectivity index (χ1n) is 12.2. The molecule has 0 aliphatic carbocycles. The van der Waals surface area contributed by atoms with Gasteiger partial charge in [0.1, 0.15) is 12.3 Å². The van der Waals surface area contributed by atoms with E-state index in [4.69, 9.17) is 15.1 Å². The maximum atomic E-state index is 11.8. The monoisotopic (exact) mass is 480 g/mol. The Balaban J connectivity index is 1.40. The number of benzene rings is 1. The number of nitrogens with zero attached hydrogens (tertiary/aromatic N) is 6. The second-order valence-corrected chi connectivity index (χ2v) is 9.63. The van der Waals surface area contributed by atoms with Gasteiger partial charge in [-0.1, -0.05) is 18.2 Å². The smallest absolute Gasteiger partial charge is 0.248 e. The number of likely N-dealkylation sites (tertiary alicyclic amines) is 1. The van der Waals surface area contributed by atoms with Gasteiger partial charge in [0.05, 0.1) is 23.4 Å². The minimum atomic E-state index is -0.452. The van der Waals surface area contributed by atoms with Crippen molar-refractivity contribution in [3.05, 3.63) is 71.9 Å². The Kier molecular flexibility index (Phi) is 5.34. The highest BCUT2D eigenvalue weighted by Gasteiger charge is 2.27. The molecule has 182 valence electrons. The molecule has 1 aliphatic rings. The fraction of sp³-hybridized carbons (Fsp3) is 0.286. The van der Waals surface area contributed by atoms with Crippen LogP contribution < -0.4 is 0 Å². The molecular formula is C28H28N6O2. The molecule has 1 atom stereocenters. The molecule has 0 spiro atoms. The Morgan fingerprint density at radius 2 is 1.92 bits per heavy atom. The first-order valence-corrected chi connectivity index (χ1v) is 12.2. The summed E-state index contributed by atoms with van der Waals surface area (Å²) < 4.78 is 4.06. The molecule has 1 saturated heterocycles. The predicted molar refractivity (Wildman–Crippen MR) is 139 cm³/mol. The topological polar surface area (TPSA) is 88.5 Å². The summed E-state index contributed by atoms with van der Waals surface area (Å²) in [6.45, 7) is 7.12. The van der Waals surface area contributed by atoms with Gasteiger partial charge in [-0.15, -0.1) is 0 Å². The first kappa shape index (κ1) is 22.4. The van der Waals surface area contributed by atoms with Crippen LogP contribution in [0.2, 0.25) is 0 Å². The predicted octanol–water partition coefficient (Wildman–Crippen LogP) is 4.10. The van der Waals surface area contributed by atoms with Crippen LogP contribution in [0.3, 0.4) is 0 Å². The maximum absolute atomic E-state index is 11.8. The van der Waals surface area contributed by atoms with E-state index in [1.165, 1.54) is 16.7 Å². The number of amides is 1. The van der Waals surface area contributed by atoms with Crippen molar-refractivity contribution < 1.29 is 9.90 Å². The molecule has 0 radical (unpaired) electrons. The van der Waals surface area contributed by atoms with Crippen LogP contribution in [0.25, 0.3) is 38.9 Å². The fourth-order valence-corrected chi connectivity index (χ4v) is 5.37. The normalized spacial score (nSPS) is 15.9. The lowest BCUT2D eigenvalue weighted by Crippen LogP contribution is -2.31. The third kappa shape index (κ3) is 3.56. The highest BCUT2D eigenvalue weighted by atomic mass is 16.3. The van der Waals surface area contributed by atoms with Gasteiger partial charge in [0.25, 0.3) is 0 Å². The minimum absolute atomic E-state index is 0.101. The van der Waals surface area contributed by atoms with Crippen LogP contribution in [0, 0.1) is 20.8 Å². The van der Waals surface area contributed by atoms with Crippen molar-refractivity contribution in [3.63, 3.8) is 0 Å². The maximum Gasteiger partial charge on any atom is 0.248 e. The zero-order valence-corrected chi connectivity index (χ0v) is 20.6. The second kappa shape index (κ2) is 8.57. The number of hydrogen-bond acceptors (Lipinski definition) is 5. The van der Waals surface area contributed by atoms with Crippen molar-refractivity contribution >= 4 is 22.5 Å². The molecule has 6 rings (SSSR count). The van der Waals surface area contributed by atoms with Crippen molar-refractivity contribution in [2.75, 3.05) is 19.7 Å². The summed E-state index contributed by atoms with van der Waals surface area (Å²) in [5.74, 6) is -0.233. The van der Waals surface area contributed by atoms with Crippen LogP contribution in [-0.4, -0.2) is 59.8 Å². The summed E-state index contributed by atoms with van der Waals surface area (Å²) in [6, 6.07) is 10.6. The molecule has 1 aliphatic heterocycles. The van der Waals surface area contributed by atoms with Gasteiger partial charge in [0.15, 0.2) is 0 Å². The van der Waals surface area contributed by atoms with Crippen LogP contribution >= 0.6 is 0 Å². The van der Waals surface area contributed by atoms with Crippen LogP contribution in [0.4, 0.5) is 0 Å². The molecule has 1 N–H and O–H groups in total. The lowest BCUT2D eigenvalue weighted by atomic mass is 9.99. The Bertz CT molecular complexity index is 1610. The third-order valence-electron chi connectivity index (χ3n) is 7.37. The summed E-state index contributed by atoms with van der Waals surface area (Å²) >= 11 is 0. The third-order valence-corrected chi connectivity index (χ3v) is 7.37. The summed E-state index contributed by atoms with van der Waals surface area (Å²) in [7, 11) is 0. The van der Waals surface area contributed by atoms with E-state index < -0.39 is 6.61 Å². The van der Waals surface area contributed by atoms with E-state index in [-0.39, 0.29) is 11.9 Å². The molecule has 1 aromatic carbocycles. The van der Waals surface area contributed by atoms with Crippen LogP contribution in [0.5, 0.6) is 0 Å². The highest BCUT2D eigenvalue weighted by molar-refractivity contribution is 5.95. The molecule has 1 unspecified atom stereocenters. The fourth-order valence-electron chi connectivity index (χ4n) is 5.37. The van der Waals surface area contributed by atoms with E-state index in [0.29, 0.717) is 13.1 Å². The van der Waals surface area contributed by atoms with Gasteiger partial charge in [-0.2, -0.15) is 5.10 Å². The van der Waals surface area contributed by atoms with Crippen molar-refractivity contribution in [1.82, 2.24) is 29.0 Å². The van der Waals surface area contributed by atoms with Crippen molar-refractivity contribution in [3.8, 4) is 22.4 Å². The highest BCUT2D eigenvalue weighted by Crippen LogP contribution is 2.33. The molecule has 1 amide bonds. The number of aliphatic hydroxyl groups excluding tert-OH is 1. The van der Waals surface area contributed by atoms with Gasteiger partial charge in [-0.05, 0) is 50.5 Å². The number of rotatable bonds is 4. The van der Waals surface area contributed by atoms with E-state index in [1.54, 1.807) is 4.90 Å². The molecule has 4 aromatic heterocycles. The van der Waals surface area contributed by atoms with Gasteiger partial charge in [0.2, 0.25) is 5.91 Å². The van der Waals surface area contributed by atoms with Crippen LogP contribution in [-0.2, 0) is 4.79 Å². The van der Waals surface area contributed by atoms with Crippen molar-refractivity contribution in [2.24, 2.45) is 0 Å². The minimum Gasteiger partial charge on any atom is -0.387 e. The average molecular weight is 481 g/mol. The average Bonchev–Trinajstić information content (AvgIpc) is 3.63. The van der Waals surface area contributed by atoms with E-state index >= 15 is 0 Å². The number of fused-ring (bicyclic) bond motifs is 3. The number of aryl methyl sites for hydroxylation is 3. The van der Waals surface area contributed by atoms with Crippen LogP contribution in [0.15, 0.2) is 55.1 Å². The molecule has 1 fully saturated rings. The SMILES string of the molecule is Cc1cccc(C)c1-c1nc2c3cc(-c4cnn(C5CCN(C(=O)CO)C5)c4)cnc3ccn2c1C. The zero-order chi connectivity index (χ0) is 25.0. The Morgan fingerprint density at radius 3 is 2.69 bits per heavy atom. The Labute approximate surface area is 208 Å². The van der Waals surface area contributed by atoms with E-state index in [9.17, 15) is 4.79 Å².